The average molecular weight is 1080 g/mol. The van der Waals surface area contributed by atoms with E-state index < -0.39 is 13.7 Å². The molecule has 0 saturated heterocycles. The first-order chi connectivity index (χ1) is 34.4. The van der Waals surface area contributed by atoms with Gasteiger partial charge in [0.1, 0.15) is 5.82 Å². The molecule has 0 bridgehead atoms. The van der Waals surface area contributed by atoms with Crippen molar-refractivity contribution in [3.05, 3.63) is 198 Å². The van der Waals surface area contributed by atoms with Gasteiger partial charge in [0, 0.05) is 52.5 Å². The van der Waals surface area contributed by atoms with E-state index >= 15 is 0 Å². The number of rotatable bonds is 7. The Morgan fingerprint density at radius 1 is 0.588 bits per heavy atom. The molecule has 0 saturated carbocycles. The predicted octanol–water partition coefficient (Wildman–Crippen LogP) is 15.4. The maximum absolute atomic E-state index is 8.54. The summed E-state index contributed by atoms with van der Waals surface area (Å²) >= 11 is 0. The molecule has 7 aromatic carbocycles. The van der Waals surface area contributed by atoms with Crippen molar-refractivity contribution in [3.8, 4) is 50.9 Å². The SMILES string of the molecule is [2H]C([2H])([2H])c1cccc(C([2H])([2H])[2H])c1-c1ccc2c(c1)n(-c1[c-]c(Oc3[c-]c4c(cc3)c3ccccc3n4-c3cc(C(C)(C)C)ccn3)ccc1)[c-][n+]2-c1c(-c2cccc(C(C)(C)C)c2)cccc1C(C)(C)C.[Pt]. The molecule has 0 aliphatic carbocycles. The van der Waals surface area contributed by atoms with Gasteiger partial charge in [0.2, 0.25) is 0 Å². The van der Waals surface area contributed by atoms with Gasteiger partial charge in [-0.3, -0.25) is 4.57 Å². The molecule has 10 aromatic rings. The van der Waals surface area contributed by atoms with E-state index in [4.69, 9.17) is 17.9 Å². The Kier molecular flexibility index (Phi) is 10.2. The zero-order valence-electron chi connectivity index (χ0n) is 45.9. The summed E-state index contributed by atoms with van der Waals surface area (Å²) in [5.41, 5.74) is 10.3. The molecule has 5 nitrogen and oxygen atoms in total. The third-order valence-electron chi connectivity index (χ3n) is 12.7. The minimum Gasteiger partial charge on any atom is -0.510 e. The molecule has 0 atom stereocenters. The molecule has 0 aliphatic heterocycles. The molecule has 10 rings (SSSR count). The van der Waals surface area contributed by atoms with Crippen LogP contribution in [-0.4, -0.2) is 14.1 Å². The molecule has 3 heterocycles. The molecular formula is C62H58N4OPt-2. The van der Waals surface area contributed by atoms with Crippen molar-refractivity contribution < 1.29 is 38.6 Å². The van der Waals surface area contributed by atoms with Crippen LogP contribution in [0, 0.1) is 32.2 Å². The first-order valence-electron chi connectivity index (χ1n) is 25.9. The Labute approximate surface area is 424 Å². The van der Waals surface area contributed by atoms with Crippen molar-refractivity contribution in [3.63, 3.8) is 0 Å². The normalized spacial score (nSPS) is 13.9. The minimum absolute atomic E-state index is 0. The van der Waals surface area contributed by atoms with E-state index in [0.717, 1.165) is 61.1 Å². The van der Waals surface area contributed by atoms with E-state index in [0.29, 0.717) is 28.3 Å². The smallest absolute Gasteiger partial charge is 0.268 e. The Morgan fingerprint density at radius 3 is 2.04 bits per heavy atom. The molecule has 68 heavy (non-hydrogen) atoms. The molecule has 3 aromatic heterocycles. The number of benzene rings is 7. The van der Waals surface area contributed by atoms with Gasteiger partial charge in [0.25, 0.3) is 6.33 Å². The maximum atomic E-state index is 8.54. The fourth-order valence-corrected chi connectivity index (χ4v) is 9.17. The molecule has 0 aliphatic rings. The number of nitrogens with zero attached hydrogens (tertiary/aromatic N) is 4. The number of imidazole rings is 1. The number of para-hydroxylation sites is 2. The van der Waals surface area contributed by atoms with Crippen molar-refractivity contribution in [2.45, 2.75) is 92.3 Å². The van der Waals surface area contributed by atoms with Gasteiger partial charge in [-0.05, 0) is 115 Å². The van der Waals surface area contributed by atoms with Crippen LogP contribution in [0.1, 0.15) is 98.4 Å². The van der Waals surface area contributed by atoms with Gasteiger partial charge in [-0.25, -0.2) is 4.98 Å². The largest absolute Gasteiger partial charge is 0.510 e. The van der Waals surface area contributed by atoms with E-state index in [-0.39, 0.29) is 54.0 Å². The molecular weight excluding hydrogens is 1010 g/mol. The first kappa shape index (κ1) is 39.4. The second-order valence-corrected chi connectivity index (χ2v) is 20.6. The van der Waals surface area contributed by atoms with Crippen LogP contribution in [0.15, 0.2) is 152 Å². The van der Waals surface area contributed by atoms with Gasteiger partial charge >= 0.3 is 0 Å². The summed E-state index contributed by atoms with van der Waals surface area (Å²) in [6, 6.07) is 54.4. The van der Waals surface area contributed by atoms with Gasteiger partial charge in [0.05, 0.1) is 16.7 Å². The molecule has 0 fully saturated rings. The number of aromatic nitrogens is 4. The van der Waals surface area contributed by atoms with Gasteiger partial charge in [0.15, 0.2) is 0 Å². The minimum atomic E-state index is -2.59. The van der Waals surface area contributed by atoms with Crippen LogP contribution < -0.4 is 9.30 Å². The van der Waals surface area contributed by atoms with E-state index in [1.807, 2.05) is 65.4 Å². The van der Waals surface area contributed by atoms with Gasteiger partial charge in [-0.2, -0.15) is 18.2 Å². The summed E-state index contributed by atoms with van der Waals surface area (Å²) in [5.74, 6) is 1.69. The van der Waals surface area contributed by atoms with Gasteiger partial charge < -0.3 is 13.9 Å². The summed E-state index contributed by atoms with van der Waals surface area (Å²) in [7, 11) is 0. The van der Waals surface area contributed by atoms with Crippen LogP contribution in [0.4, 0.5) is 0 Å². The first-order valence-corrected chi connectivity index (χ1v) is 22.9. The monoisotopic (exact) mass is 1080 g/mol. The number of pyridine rings is 1. The van der Waals surface area contributed by atoms with E-state index in [2.05, 4.69) is 163 Å². The second kappa shape index (κ2) is 17.5. The molecule has 0 N–H and O–H groups in total. The maximum Gasteiger partial charge on any atom is 0.268 e. The third kappa shape index (κ3) is 8.51. The Balaban J connectivity index is 0.00000672. The van der Waals surface area contributed by atoms with Crippen LogP contribution in [0.3, 0.4) is 0 Å². The standard InChI is InChI=1S/C62H58N4O.Pt/c1-40-18-14-19-41(2)58(40)43-28-31-54-56(35-43)64(39-65(54)59-49(25-17-26-52(59)62(9,10)11)42-20-15-21-44(34-42)60(3,4)5)46-22-16-23-47(37-46)67-48-29-30-51-50-24-12-13-27-53(50)66(55(51)38-48)57-36-45(32-33-63-57)61(6,7)8;/h12-36H,1-11H3;/q-2;/i1D3,2D3;. The number of hydrogen-bond acceptors (Lipinski definition) is 2. The van der Waals surface area contributed by atoms with E-state index in [9.17, 15) is 0 Å². The zero-order valence-corrected chi connectivity index (χ0v) is 42.2. The van der Waals surface area contributed by atoms with Gasteiger partial charge in [-0.15, -0.1) is 29.7 Å². The predicted molar refractivity (Wildman–Crippen MR) is 276 cm³/mol. The topological polar surface area (TPSA) is 35.9 Å². The van der Waals surface area contributed by atoms with Crippen molar-refractivity contribution in [2.24, 2.45) is 0 Å². The number of hydrogen-bond donors (Lipinski definition) is 0. The van der Waals surface area contributed by atoms with E-state index in [1.165, 1.54) is 23.8 Å². The number of ether oxygens (including phenoxy) is 1. The zero-order chi connectivity index (χ0) is 52.0. The Bertz CT molecular complexity index is 3740. The van der Waals surface area contributed by atoms with Crippen LogP contribution in [0.25, 0.3) is 72.3 Å². The summed E-state index contributed by atoms with van der Waals surface area (Å²) < 4.78 is 64.1. The fraction of sp³-hybridized carbons (Fsp3) is 0.226. The number of fused-ring (bicyclic) bond motifs is 4. The average Bonchev–Trinajstić information content (AvgIpc) is 3.88. The van der Waals surface area contributed by atoms with Gasteiger partial charge in [-0.1, -0.05) is 159 Å². The molecule has 6 heteroatoms. The molecule has 0 unspecified atom stereocenters. The quantitative estimate of drug-likeness (QED) is 0.118. The van der Waals surface area contributed by atoms with Crippen LogP contribution >= 0.6 is 0 Å². The molecule has 0 spiro atoms. The summed E-state index contributed by atoms with van der Waals surface area (Å²) in [5, 5.41) is 2.09. The van der Waals surface area contributed by atoms with Crippen molar-refractivity contribution in [1.29, 1.82) is 0 Å². The van der Waals surface area contributed by atoms with Crippen LogP contribution in [-0.2, 0) is 37.3 Å². The van der Waals surface area contributed by atoms with Crippen molar-refractivity contribution in [2.75, 3.05) is 0 Å². The third-order valence-corrected chi connectivity index (χ3v) is 12.7. The summed E-state index contributed by atoms with van der Waals surface area (Å²) in [6.07, 6.45) is 5.59. The van der Waals surface area contributed by atoms with Crippen molar-refractivity contribution >= 4 is 32.8 Å². The van der Waals surface area contributed by atoms with Crippen molar-refractivity contribution in [1.82, 2.24) is 14.1 Å². The molecule has 0 amide bonds. The second-order valence-electron chi connectivity index (χ2n) is 20.6. The van der Waals surface area contributed by atoms with Crippen LogP contribution in [0.5, 0.6) is 11.5 Å². The fourth-order valence-electron chi connectivity index (χ4n) is 9.17. The van der Waals surface area contributed by atoms with Crippen LogP contribution in [0.2, 0.25) is 0 Å². The number of aryl methyl sites for hydroxylation is 2. The summed E-state index contributed by atoms with van der Waals surface area (Å²) in [4.78, 5) is 4.85. The van der Waals surface area contributed by atoms with E-state index in [1.54, 1.807) is 0 Å². The Hall–Kier alpha value is -6.55. The molecule has 344 valence electrons. The summed E-state index contributed by atoms with van der Waals surface area (Å²) in [6.45, 7) is 14.6. The molecule has 0 radical (unpaired) electrons. The Morgan fingerprint density at radius 2 is 1.29 bits per heavy atom.